The van der Waals surface area contributed by atoms with Crippen LogP contribution in [-0.2, 0) is 4.74 Å². The number of amides is 1. The summed E-state index contributed by atoms with van der Waals surface area (Å²) >= 11 is 5.99. The third-order valence-corrected chi connectivity index (χ3v) is 4.40. The maximum Gasteiger partial charge on any atom is 0.258 e. The minimum absolute atomic E-state index is 0.0535. The van der Waals surface area contributed by atoms with Crippen LogP contribution in [0.1, 0.15) is 30.6 Å². The molecule has 26 heavy (non-hydrogen) atoms. The fourth-order valence-corrected chi connectivity index (χ4v) is 3.08. The van der Waals surface area contributed by atoms with Gasteiger partial charge in [-0.05, 0) is 38.5 Å². The Morgan fingerprint density at radius 1 is 1.42 bits per heavy atom. The summed E-state index contributed by atoms with van der Waals surface area (Å²) < 4.78 is 25.0. The number of aromatic nitrogens is 2. The Balaban J connectivity index is 1.96. The fourth-order valence-electron chi connectivity index (χ4n) is 2.95. The molecular weight excluding hydrogens is 361 g/mol. The van der Waals surface area contributed by atoms with Gasteiger partial charge in [0.15, 0.2) is 10.9 Å². The van der Waals surface area contributed by atoms with Crippen molar-refractivity contribution in [3.63, 3.8) is 0 Å². The molecule has 1 saturated heterocycles. The summed E-state index contributed by atoms with van der Waals surface area (Å²) in [5.74, 6) is -0.465. The zero-order chi connectivity index (χ0) is 18.7. The molecule has 6 nitrogen and oxygen atoms in total. The molecule has 0 aliphatic carbocycles. The van der Waals surface area contributed by atoms with Crippen LogP contribution < -0.4 is 4.74 Å². The Kier molecular flexibility index (Phi) is 5.68. The highest BCUT2D eigenvalue weighted by Gasteiger charge is 2.32. The van der Waals surface area contributed by atoms with Crippen LogP contribution in [0.25, 0.3) is 0 Å². The molecule has 2 heterocycles. The Hall–Kier alpha value is -2.25. The molecule has 0 spiro atoms. The zero-order valence-electron chi connectivity index (χ0n) is 14.5. The van der Waals surface area contributed by atoms with Gasteiger partial charge in [0.25, 0.3) is 5.91 Å². The summed E-state index contributed by atoms with van der Waals surface area (Å²) in [6, 6.07) is 3.66. The predicted octanol–water partition coefficient (Wildman–Crippen LogP) is 3.70. The normalized spacial score (nSPS) is 16.7. The number of benzene rings is 1. The van der Waals surface area contributed by atoms with Crippen molar-refractivity contribution in [2.75, 3.05) is 13.2 Å². The number of rotatable bonds is 5. The van der Waals surface area contributed by atoms with E-state index in [1.54, 1.807) is 4.90 Å². The summed E-state index contributed by atoms with van der Waals surface area (Å²) in [7, 11) is 0. The average molecular weight is 380 g/mol. The Morgan fingerprint density at radius 2 is 2.23 bits per heavy atom. The molecule has 1 aliphatic rings. The SMILES string of the molecule is CC(C)N(C(=O)c1cc(F)ccc1Oc1cncnc1Cl)[C@@H]1CCOC1. The highest BCUT2D eigenvalue weighted by molar-refractivity contribution is 6.30. The van der Waals surface area contributed by atoms with Gasteiger partial charge in [0.1, 0.15) is 17.9 Å². The maximum absolute atomic E-state index is 13.9. The first-order valence-electron chi connectivity index (χ1n) is 8.30. The molecule has 0 saturated carbocycles. The van der Waals surface area contributed by atoms with Crippen LogP contribution in [0.5, 0.6) is 11.5 Å². The number of hydrogen-bond acceptors (Lipinski definition) is 5. The van der Waals surface area contributed by atoms with E-state index in [-0.39, 0.29) is 40.2 Å². The maximum atomic E-state index is 13.9. The van der Waals surface area contributed by atoms with Crippen LogP contribution in [0, 0.1) is 5.82 Å². The molecule has 1 amide bonds. The van der Waals surface area contributed by atoms with Crippen molar-refractivity contribution in [2.24, 2.45) is 0 Å². The van der Waals surface area contributed by atoms with Crippen molar-refractivity contribution in [3.05, 3.63) is 47.3 Å². The van der Waals surface area contributed by atoms with Gasteiger partial charge in [-0.15, -0.1) is 0 Å². The van der Waals surface area contributed by atoms with E-state index in [1.165, 1.54) is 30.7 Å². The standard InChI is InChI=1S/C18H19ClFN3O3/c1-11(2)23(13-5-6-25-9-13)18(24)14-7-12(20)3-4-15(14)26-16-8-21-10-22-17(16)19/h3-4,7-8,10-11,13H,5-6,9H2,1-2H3/t13-/m1/s1. The smallest absolute Gasteiger partial charge is 0.258 e. The number of carbonyl (C=O) groups excluding carboxylic acids is 1. The molecule has 138 valence electrons. The van der Waals surface area contributed by atoms with E-state index >= 15 is 0 Å². The lowest BCUT2D eigenvalue weighted by Crippen LogP contribution is -2.45. The van der Waals surface area contributed by atoms with Crippen molar-refractivity contribution in [1.29, 1.82) is 0 Å². The summed E-state index contributed by atoms with van der Waals surface area (Å²) in [5, 5.41) is 0.104. The zero-order valence-corrected chi connectivity index (χ0v) is 15.2. The highest BCUT2D eigenvalue weighted by atomic mass is 35.5. The quantitative estimate of drug-likeness (QED) is 0.741. The lowest BCUT2D eigenvalue weighted by Gasteiger charge is -2.32. The number of nitrogens with zero attached hydrogens (tertiary/aromatic N) is 3. The summed E-state index contributed by atoms with van der Waals surface area (Å²) in [6.07, 6.45) is 3.41. The van der Waals surface area contributed by atoms with Gasteiger partial charge in [0.2, 0.25) is 0 Å². The van der Waals surface area contributed by atoms with Gasteiger partial charge < -0.3 is 14.4 Å². The van der Waals surface area contributed by atoms with Crippen molar-refractivity contribution in [2.45, 2.75) is 32.4 Å². The third-order valence-electron chi connectivity index (χ3n) is 4.11. The van der Waals surface area contributed by atoms with Crippen LogP contribution in [0.3, 0.4) is 0 Å². The van der Waals surface area contributed by atoms with Crippen LogP contribution >= 0.6 is 11.6 Å². The molecule has 2 aromatic rings. The van der Waals surface area contributed by atoms with Gasteiger partial charge in [0, 0.05) is 12.6 Å². The molecule has 0 unspecified atom stereocenters. The van der Waals surface area contributed by atoms with E-state index in [4.69, 9.17) is 21.1 Å². The molecule has 1 aromatic carbocycles. The molecule has 1 aromatic heterocycles. The topological polar surface area (TPSA) is 64.6 Å². The van der Waals surface area contributed by atoms with E-state index in [2.05, 4.69) is 9.97 Å². The number of ether oxygens (including phenoxy) is 2. The monoisotopic (exact) mass is 379 g/mol. The minimum atomic E-state index is -0.525. The Bertz CT molecular complexity index is 797. The number of halogens is 2. The average Bonchev–Trinajstić information content (AvgIpc) is 3.12. The van der Waals surface area contributed by atoms with Gasteiger partial charge in [-0.1, -0.05) is 11.6 Å². The van der Waals surface area contributed by atoms with Gasteiger partial charge in [-0.3, -0.25) is 4.79 Å². The van der Waals surface area contributed by atoms with Gasteiger partial charge in [-0.2, -0.15) is 0 Å². The number of hydrogen-bond donors (Lipinski definition) is 0. The highest BCUT2D eigenvalue weighted by Crippen LogP contribution is 2.31. The van der Waals surface area contributed by atoms with Crippen LogP contribution in [0.4, 0.5) is 4.39 Å². The molecule has 1 fully saturated rings. The predicted molar refractivity (Wildman–Crippen MR) is 94.0 cm³/mol. The van der Waals surface area contributed by atoms with Gasteiger partial charge in [-0.25, -0.2) is 14.4 Å². The first kappa shape index (κ1) is 18.5. The second-order valence-corrected chi connectivity index (χ2v) is 6.60. The summed E-state index contributed by atoms with van der Waals surface area (Å²) in [6.45, 7) is 4.90. The molecule has 8 heteroatoms. The minimum Gasteiger partial charge on any atom is -0.452 e. The van der Waals surface area contributed by atoms with E-state index in [1.807, 2.05) is 13.8 Å². The summed E-state index contributed by atoms with van der Waals surface area (Å²) in [4.78, 5) is 22.6. The molecule has 1 atom stereocenters. The molecule has 1 aliphatic heterocycles. The van der Waals surface area contributed by atoms with E-state index < -0.39 is 5.82 Å². The van der Waals surface area contributed by atoms with Crippen LogP contribution in [-0.4, -0.2) is 46.1 Å². The van der Waals surface area contributed by atoms with E-state index in [0.29, 0.717) is 13.2 Å². The van der Waals surface area contributed by atoms with Gasteiger partial charge >= 0.3 is 0 Å². The molecule has 0 bridgehead atoms. The van der Waals surface area contributed by atoms with Crippen LogP contribution in [0.15, 0.2) is 30.7 Å². The molecule has 0 radical (unpaired) electrons. The lowest BCUT2D eigenvalue weighted by molar-refractivity contribution is 0.0578. The molecular formula is C18H19ClFN3O3. The fraction of sp³-hybridized carbons (Fsp3) is 0.389. The Morgan fingerprint density at radius 3 is 2.88 bits per heavy atom. The van der Waals surface area contributed by atoms with E-state index in [0.717, 1.165) is 6.42 Å². The van der Waals surface area contributed by atoms with Crippen molar-refractivity contribution >= 4 is 17.5 Å². The van der Waals surface area contributed by atoms with Gasteiger partial charge in [0.05, 0.1) is 24.4 Å². The van der Waals surface area contributed by atoms with Crippen molar-refractivity contribution in [3.8, 4) is 11.5 Å². The lowest BCUT2D eigenvalue weighted by atomic mass is 10.1. The number of carbonyl (C=O) groups is 1. The molecule has 3 rings (SSSR count). The van der Waals surface area contributed by atoms with Crippen LogP contribution in [0.2, 0.25) is 5.15 Å². The molecule has 0 N–H and O–H groups in total. The Labute approximate surface area is 155 Å². The first-order chi connectivity index (χ1) is 12.5. The second-order valence-electron chi connectivity index (χ2n) is 6.24. The van der Waals surface area contributed by atoms with E-state index in [9.17, 15) is 9.18 Å². The largest absolute Gasteiger partial charge is 0.452 e. The third kappa shape index (κ3) is 3.94. The second kappa shape index (κ2) is 7.97. The van der Waals surface area contributed by atoms with Crippen molar-refractivity contribution in [1.82, 2.24) is 14.9 Å². The summed E-state index contributed by atoms with van der Waals surface area (Å²) in [5.41, 5.74) is 0.116. The first-order valence-corrected chi connectivity index (χ1v) is 8.68. The van der Waals surface area contributed by atoms with Crippen molar-refractivity contribution < 1.29 is 18.7 Å².